The third-order valence-electron chi connectivity index (χ3n) is 3.67. The molecule has 1 unspecified atom stereocenters. The van der Waals surface area contributed by atoms with Gasteiger partial charge in [-0.3, -0.25) is 4.79 Å². The van der Waals surface area contributed by atoms with Crippen molar-refractivity contribution in [3.8, 4) is 0 Å². The van der Waals surface area contributed by atoms with Crippen LogP contribution in [0.4, 0.5) is 0 Å². The molecular formula is C13H17NO4S. The number of rotatable bonds is 5. The van der Waals surface area contributed by atoms with Crippen molar-refractivity contribution in [2.45, 2.75) is 30.1 Å². The number of hydrogen-bond donors (Lipinski definition) is 2. The minimum Gasteiger partial charge on any atom is -0.481 e. The van der Waals surface area contributed by atoms with Crippen LogP contribution in [0.25, 0.3) is 0 Å². The van der Waals surface area contributed by atoms with E-state index in [9.17, 15) is 13.2 Å². The molecule has 6 heteroatoms. The molecule has 0 radical (unpaired) electrons. The van der Waals surface area contributed by atoms with Gasteiger partial charge in [0.05, 0.1) is 11.2 Å². The van der Waals surface area contributed by atoms with Crippen LogP contribution in [0, 0.1) is 0 Å². The molecule has 0 heterocycles. The highest BCUT2D eigenvalue weighted by Gasteiger charge is 2.53. The van der Waals surface area contributed by atoms with Gasteiger partial charge in [-0.05, 0) is 24.0 Å². The predicted molar refractivity (Wildman–Crippen MR) is 71.4 cm³/mol. The summed E-state index contributed by atoms with van der Waals surface area (Å²) < 4.78 is 22.8. The molecule has 0 aliphatic heterocycles. The molecule has 1 saturated carbocycles. The number of carboxylic acid groups (broad SMARTS) is 1. The van der Waals surface area contributed by atoms with Gasteiger partial charge in [-0.25, -0.2) is 8.42 Å². The van der Waals surface area contributed by atoms with Gasteiger partial charge in [0.25, 0.3) is 0 Å². The Morgan fingerprint density at radius 3 is 2.26 bits per heavy atom. The molecule has 1 aliphatic carbocycles. The van der Waals surface area contributed by atoms with Gasteiger partial charge in [0.2, 0.25) is 0 Å². The Morgan fingerprint density at radius 1 is 1.37 bits per heavy atom. The first-order valence-corrected chi connectivity index (χ1v) is 7.93. The summed E-state index contributed by atoms with van der Waals surface area (Å²) in [6.07, 6.45) is 2.40. The van der Waals surface area contributed by atoms with Gasteiger partial charge in [0.1, 0.15) is 0 Å². The van der Waals surface area contributed by atoms with Gasteiger partial charge in [-0.15, -0.1) is 0 Å². The van der Waals surface area contributed by atoms with E-state index in [0.29, 0.717) is 18.4 Å². The van der Waals surface area contributed by atoms with Gasteiger partial charge in [0, 0.05) is 12.3 Å². The molecule has 19 heavy (non-hydrogen) atoms. The Labute approximate surface area is 112 Å². The van der Waals surface area contributed by atoms with Crippen LogP contribution in [0.1, 0.15) is 36.4 Å². The van der Waals surface area contributed by atoms with E-state index in [-0.39, 0.29) is 6.42 Å². The quantitative estimate of drug-likeness (QED) is 0.846. The summed E-state index contributed by atoms with van der Waals surface area (Å²) in [5, 5.41) is 8.69. The minimum absolute atomic E-state index is 0.142. The van der Waals surface area contributed by atoms with E-state index in [0.717, 1.165) is 5.56 Å². The zero-order chi connectivity index (χ0) is 14.3. The zero-order valence-corrected chi connectivity index (χ0v) is 11.5. The number of carboxylic acids is 1. The van der Waals surface area contributed by atoms with E-state index in [1.54, 1.807) is 24.3 Å². The first kappa shape index (κ1) is 14.0. The third kappa shape index (κ3) is 2.64. The second-order valence-electron chi connectivity index (χ2n) is 5.09. The van der Waals surface area contributed by atoms with Crippen LogP contribution < -0.4 is 5.73 Å². The Hall–Kier alpha value is -1.40. The van der Waals surface area contributed by atoms with Crippen molar-refractivity contribution in [1.82, 2.24) is 0 Å². The molecule has 0 bridgehead atoms. The fourth-order valence-electron chi connectivity index (χ4n) is 2.33. The summed E-state index contributed by atoms with van der Waals surface area (Å²) in [5.74, 6) is -0.952. The molecule has 104 valence electrons. The van der Waals surface area contributed by atoms with E-state index in [4.69, 9.17) is 10.8 Å². The summed E-state index contributed by atoms with van der Waals surface area (Å²) in [4.78, 5) is 10.6. The molecule has 1 fully saturated rings. The lowest BCUT2D eigenvalue weighted by Crippen LogP contribution is -2.20. The Bertz CT molecular complexity index is 588. The van der Waals surface area contributed by atoms with Crippen LogP contribution in [0.3, 0.4) is 0 Å². The number of aliphatic carboxylic acids is 1. The molecule has 5 nitrogen and oxygen atoms in total. The van der Waals surface area contributed by atoms with Gasteiger partial charge < -0.3 is 10.8 Å². The summed E-state index contributed by atoms with van der Waals surface area (Å²) in [7, 11) is -3.12. The molecule has 1 aromatic carbocycles. The van der Waals surface area contributed by atoms with Crippen LogP contribution >= 0.6 is 0 Å². The van der Waals surface area contributed by atoms with E-state index in [2.05, 4.69) is 0 Å². The van der Waals surface area contributed by atoms with E-state index >= 15 is 0 Å². The highest BCUT2D eigenvalue weighted by molar-refractivity contribution is 7.92. The molecule has 0 saturated heterocycles. The van der Waals surface area contributed by atoms with Gasteiger partial charge in [-0.1, -0.05) is 24.3 Å². The van der Waals surface area contributed by atoms with Crippen LogP contribution in [0.15, 0.2) is 24.3 Å². The van der Waals surface area contributed by atoms with Gasteiger partial charge in [0.15, 0.2) is 9.84 Å². The number of hydrogen-bond acceptors (Lipinski definition) is 4. The lowest BCUT2D eigenvalue weighted by atomic mass is 10.0. The number of carbonyl (C=O) groups is 1. The molecule has 0 spiro atoms. The average Bonchev–Trinajstić information content (AvgIpc) is 3.08. The lowest BCUT2D eigenvalue weighted by Gasteiger charge is -2.15. The summed E-state index contributed by atoms with van der Waals surface area (Å²) >= 11 is 0. The molecule has 1 aromatic rings. The minimum atomic E-state index is -3.12. The summed E-state index contributed by atoms with van der Waals surface area (Å²) in [6, 6.07) is 6.35. The fourth-order valence-corrected chi connectivity index (χ4v) is 3.73. The monoisotopic (exact) mass is 283 g/mol. The number of benzene rings is 1. The largest absolute Gasteiger partial charge is 0.481 e. The molecular weight excluding hydrogens is 266 g/mol. The summed E-state index contributed by atoms with van der Waals surface area (Å²) in [6.45, 7) is 0. The standard InChI is InChI=1S/C13H17NO4S/c1-19(17,18)13(6-7-13)10-4-2-9(3-5-10)11(14)8-12(15)16/h2-5,11H,6-8,14H2,1H3,(H,15,16). The first-order valence-electron chi connectivity index (χ1n) is 6.04. The van der Waals surface area contributed by atoms with E-state index in [1.165, 1.54) is 6.26 Å². The molecule has 2 rings (SSSR count). The average molecular weight is 283 g/mol. The maximum Gasteiger partial charge on any atom is 0.305 e. The predicted octanol–water partition coefficient (Wildman–Crippen LogP) is 1.19. The van der Waals surface area contributed by atoms with Gasteiger partial charge >= 0.3 is 5.97 Å². The van der Waals surface area contributed by atoms with Crippen LogP contribution in [-0.4, -0.2) is 25.7 Å². The van der Waals surface area contributed by atoms with Crippen molar-refractivity contribution >= 4 is 15.8 Å². The number of sulfone groups is 1. The smallest absolute Gasteiger partial charge is 0.305 e. The maximum absolute atomic E-state index is 11.8. The molecule has 1 atom stereocenters. The lowest BCUT2D eigenvalue weighted by molar-refractivity contribution is -0.137. The second-order valence-corrected chi connectivity index (χ2v) is 7.42. The zero-order valence-electron chi connectivity index (χ0n) is 10.7. The fraction of sp³-hybridized carbons (Fsp3) is 0.462. The van der Waals surface area contributed by atoms with Gasteiger partial charge in [-0.2, -0.15) is 0 Å². The Kier molecular flexibility index (Phi) is 3.40. The SMILES string of the molecule is CS(=O)(=O)C1(c2ccc(C(N)CC(=O)O)cc2)CC1. The summed E-state index contributed by atoms with van der Waals surface area (Å²) in [5.41, 5.74) is 7.23. The van der Waals surface area contributed by atoms with E-state index < -0.39 is 26.6 Å². The molecule has 0 aromatic heterocycles. The normalized spacial score (nSPS) is 18.8. The van der Waals surface area contributed by atoms with Crippen LogP contribution in [0.2, 0.25) is 0 Å². The highest BCUT2D eigenvalue weighted by Crippen LogP contribution is 2.52. The van der Waals surface area contributed by atoms with E-state index in [1.807, 2.05) is 0 Å². The second kappa shape index (κ2) is 4.61. The topological polar surface area (TPSA) is 97.5 Å². The third-order valence-corrected chi connectivity index (χ3v) is 5.74. The molecule has 0 amide bonds. The molecule has 1 aliphatic rings. The maximum atomic E-state index is 11.8. The molecule has 3 N–H and O–H groups in total. The Morgan fingerprint density at radius 2 is 1.89 bits per heavy atom. The van der Waals surface area contributed by atoms with Crippen molar-refractivity contribution in [2.24, 2.45) is 5.73 Å². The Balaban J connectivity index is 2.23. The highest BCUT2D eigenvalue weighted by atomic mass is 32.2. The van der Waals surface area contributed by atoms with Crippen molar-refractivity contribution in [3.63, 3.8) is 0 Å². The number of nitrogens with two attached hydrogens (primary N) is 1. The first-order chi connectivity index (χ1) is 8.76. The van der Waals surface area contributed by atoms with Crippen molar-refractivity contribution in [1.29, 1.82) is 0 Å². The van der Waals surface area contributed by atoms with Crippen molar-refractivity contribution < 1.29 is 18.3 Å². The van der Waals surface area contributed by atoms with Crippen LogP contribution in [-0.2, 0) is 19.4 Å². The van der Waals surface area contributed by atoms with Crippen molar-refractivity contribution in [3.05, 3.63) is 35.4 Å². The van der Waals surface area contributed by atoms with Crippen molar-refractivity contribution in [2.75, 3.05) is 6.26 Å². The van der Waals surface area contributed by atoms with Crippen LogP contribution in [0.5, 0.6) is 0 Å².